The Labute approximate surface area is 101 Å². The number of amides is 1. The van der Waals surface area contributed by atoms with Crippen LogP contribution in [0.1, 0.15) is 18.2 Å². The first-order chi connectivity index (χ1) is 8.06. The van der Waals surface area contributed by atoms with Gasteiger partial charge in [-0.1, -0.05) is 6.08 Å². The molecular formula is C12H18N4O. The largest absolute Gasteiger partial charge is 0.317 e. The molecule has 1 aromatic heterocycles. The quantitative estimate of drug-likeness (QED) is 0.542. The van der Waals surface area contributed by atoms with Crippen LogP contribution in [0, 0.1) is 13.8 Å². The van der Waals surface area contributed by atoms with Crippen LogP contribution in [0.3, 0.4) is 0 Å². The lowest BCUT2D eigenvalue weighted by atomic mass is 10.2. The molecule has 0 atom stereocenters. The van der Waals surface area contributed by atoms with E-state index in [1.807, 2.05) is 26.0 Å². The minimum Gasteiger partial charge on any atom is -0.317 e. The second-order valence-corrected chi connectivity index (χ2v) is 3.70. The molecule has 1 amide bonds. The van der Waals surface area contributed by atoms with Crippen molar-refractivity contribution in [3.05, 3.63) is 35.2 Å². The molecule has 1 heterocycles. The molecular weight excluding hydrogens is 216 g/mol. The summed E-state index contributed by atoms with van der Waals surface area (Å²) in [6.07, 6.45) is 1.69. The molecule has 5 nitrogen and oxygen atoms in total. The van der Waals surface area contributed by atoms with Crippen molar-refractivity contribution in [1.82, 2.24) is 15.8 Å². The molecule has 0 saturated carbocycles. The van der Waals surface area contributed by atoms with Crippen LogP contribution in [0.15, 0.2) is 23.9 Å². The van der Waals surface area contributed by atoms with Gasteiger partial charge in [0.2, 0.25) is 0 Å². The summed E-state index contributed by atoms with van der Waals surface area (Å²) in [5, 5.41) is 2.74. The summed E-state index contributed by atoms with van der Waals surface area (Å²) in [7, 11) is 1.70. The lowest BCUT2D eigenvalue weighted by molar-refractivity contribution is -0.113. The fraction of sp³-hybridized carbons (Fsp3) is 0.333. The Hall–Kier alpha value is -1.88. The predicted molar refractivity (Wildman–Crippen MR) is 68.3 cm³/mol. The van der Waals surface area contributed by atoms with Crippen LogP contribution >= 0.6 is 0 Å². The van der Waals surface area contributed by atoms with Gasteiger partial charge in [-0.15, -0.1) is 0 Å². The van der Waals surface area contributed by atoms with E-state index in [1.165, 1.54) is 0 Å². The SMILES string of the molecule is C/C=C(\NNC)C(=O)Nc1cc(C)cc(C)n1. The van der Waals surface area contributed by atoms with E-state index in [9.17, 15) is 4.79 Å². The Bertz CT molecular complexity index is 420. The van der Waals surface area contributed by atoms with Crippen LogP contribution in [0.2, 0.25) is 0 Å². The lowest BCUT2D eigenvalue weighted by Crippen LogP contribution is -2.33. The average molecular weight is 234 g/mol. The van der Waals surface area contributed by atoms with Gasteiger partial charge in [0.1, 0.15) is 11.5 Å². The van der Waals surface area contributed by atoms with Crippen LogP contribution in [0.5, 0.6) is 0 Å². The zero-order valence-corrected chi connectivity index (χ0v) is 10.6. The molecule has 0 spiro atoms. The van der Waals surface area contributed by atoms with E-state index in [-0.39, 0.29) is 5.91 Å². The molecule has 0 aromatic carbocycles. The fourth-order valence-electron chi connectivity index (χ4n) is 1.48. The zero-order valence-electron chi connectivity index (χ0n) is 10.6. The van der Waals surface area contributed by atoms with Crippen LogP contribution in [0.25, 0.3) is 0 Å². The van der Waals surface area contributed by atoms with Crippen LogP contribution < -0.4 is 16.2 Å². The van der Waals surface area contributed by atoms with E-state index >= 15 is 0 Å². The number of carbonyl (C=O) groups excluding carboxylic acids is 1. The minimum absolute atomic E-state index is 0.223. The van der Waals surface area contributed by atoms with Gasteiger partial charge in [-0.25, -0.2) is 10.4 Å². The molecule has 0 saturated heterocycles. The van der Waals surface area contributed by atoms with E-state index in [2.05, 4.69) is 21.2 Å². The molecule has 0 radical (unpaired) electrons. The summed E-state index contributed by atoms with van der Waals surface area (Å²) in [6, 6.07) is 3.79. The molecule has 5 heteroatoms. The Morgan fingerprint density at radius 3 is 2.59 bits per heavy atom. The standard InChI is InChI=1S/C12H18N4O/c1-5-10(16-13-4)12(17)15-11-7-8(2)6-9(3)14-11/h5-7,13,16H,1-4H3,(H,14,15,17)/b10-5-. The summed E-state index contributed by atoms with van der Waals surface area (Å²) in [5.74, 6) is 0.337. The lowest BCUT2D eigenvalue weighted by Gasteiger charge is -2.10. The van der Waals surface area contributed by atoms with Gasteiger partial charge >= 0.3 is 0 Å². The van der Waals surface area contributed by atoms with Gasteiger partial charge in [-0.05, 0) is 38.5 Å². The first-order valence-corrected chi connectivity index (χ1v) is 5.42. The van der Waals surface area contributed by atoms with Gasteiger partial charge in [0, 0.05) is 12.7 Å². The number of nitrogens with one attached hydrogen (secondary N) is 3. The first kappa shape index (κ1) is 13.2. The van der Waals surface area contributed by atoms with Crippen molar-refractivity contribution < 1.29 is 4.79 Å². The third-order valence-corrected chi connectivity index (χ3v) is 2.13. The van der Waals surface area contributed by atoms with Crippen molar-refractivity contribution in [2.24, 2.45) is 0 Å². The second kappa shape index (κ2) is 6.00. The number of nitrogens with zero attached hydrogens (tertiary/aromatic N) is 1. The maximum Gasteiger partial charge on any atom is 0.273 e. The molecule has 0 aliphatic rings. The number of hydrogen-bond donors (Lipinski definition) is 3. The number of hydrogen-bond acceptors (Lipinski definition) is 4. The maximum absolute atomic E-state index is 11.8. The first-order valence-electron chi connectivity index (χ1n) is 5.42. The van der Waals surface area contributed by atoms with Crippen LogP contribution in [-0.2, 0) is 4.79 Å². The third-order valence-electron chi connectivity index (χ3n) is 2.13. The Balaban J connectivity index is 2.80. The number of aryl methyl sites for hydroxylation is 2. The highest BCUT2D eigenvalue weighted by molar-refractivity contribution is 6.02. The summed E-state index contributed by atoms with van der Waals surface area (Å²) in [6.45, 7) is 5.64. The molecule has 0 aliphatic heterocycles. The molecule has 17 heavy (non-hydrogen) atoms. The highest BCUT2D eigenvalue weighted by Crippen LogP contribution is 2.09. The smallest absolute Gasteiger partial charge is 0.273 e. The number of anilines is 1. The van der Waals surface area contributed by atoms with Crippen molar-refractivity contribution in [2.45, 2.75) is 20.8 Å². The number of carbonyl (C=O) groups is 1. The molecule has 92 valence electrons. The highest BCUT2D eigenvalue weighted by Gasteiger charge is 2.08. The topological polar surface area (TPSA) is 66.0 Å². The van der Waals surface area contributed by atoms with Gasteiger partial charge < -0.3 is 10.7 Å². The Morgan fingerprint density at radius 1 is 1.35 bits per heavy atom. The minimum atomic E-state index is -0.223. The summed E-state index contributed by atoms with van der Waals surface area (Å²) in [4.78, 5) is 16.1. The number of rotatable bonds is 4. The second-order valence-electron chi connectivity index (χ2n) is 3.70. The van der Waals surface area contributed by atoms with Crippen molar-refractivity contribution in [3.8, 4) is 0 Å². The van der Waals surface area contributed by atoms with Crippen molar-refractivity contribution in [2.75, 3.05) is 12.4 Å². The fourth-order valence-corrected chi connectivity index (χ4v) is 1.48. The van der Waals surface area contributed by atoms with Gasteiger partial charge in [-0.2, -0.15) is 0 Å². The highest BCUT2D eigenvalue weighted by atomic mass is 16.2. The Kier molecular flexibility index (Phi) is 4.66. The summed E-state index contributed by atoms with van der Waals surface area (Å²) < 4.78 is 0. The molecule has 1 rings (SSSR count). The predicted octanol–water partition coefficient (Wildman–Crippen LogP) is 1.26. The monoisotopic (exact) mass is 234 g/mol. The number of allylic oxidation sites excluding steroid dienone is 1. The maximum atomic E-state index is 11.8. The summed E-state index contributed by atoms with van der Waals surface area (Å²) >= 11 is 0. The van der Waals surface area contributed by atoms with Crippen LogP contribution in [0.4, 0.5) is 5.82 Å². The van der Waals surface area contributed by atoms with Crippen molar-refractivity contribution in [1.29, 1.82) is 0 Å². The number of aromatic nitrogens is 1. The summed E-state index contributed by atoms with van der Waals surface area (Å²) in [5.41, 5.74) is 7.86. The number of hydrazine groups is 1. The zero-order chi connectivity index (χ0) is 12.8. The Morgan fingerprint density at radius 2 is 2.06 bits per heavy atom. The van der Waals surface area contributed by atoms with E-state index in [0.717, 1.165) is 11.3 Å². The molecule has 0 aliphatic carbocycles. The van der Waals surface area contributed by atoms with E-state index < -0.39 is 0 Å². The molecule has 3 N–H and O–H groups in total. The van der Waals surface area contributed by atoms with E-state index in [4.69, 9.17) is 0 Å². The molecule has 0 bridgehead atoms. The van der Waals surface area contributed by atoms with Gasteiger partial charge in [-0.3, -0.25) is 4.79 Å². The van der Waals surface area contributed by atoms with Crippen molar-refractivity contribution >= 4 is 11.7 Å². The average Bonchev–Trinajstić information content (AvgIpc) is 2.24. The molecule has 0 fully saturated rings. The molecule has 0 unspecified atom stereocenters. The van der Waals surface area contributed by atoms with Gasteiger partial charge in [0.15, 0.2) is 0 Å². The van der Waals surface area contributed by atoms with Crippen LogP contribution in [-0.4, -0.2) is 17.9 Å². The molecule has 1 aromatic rings. The number of pyridine rings is 1. The third kappa shape index (κ3) is 3.88. The van der Waals surface area contributed by atoms with E-state index in [1.54, 1.807) is 20.0 Å². The van der Waals surface area contributed by atoms with Gasteiger partial charge in [0.25, 0.3) is 5.91 Å². The normalized spacial score (nSPS) is 11.2. The van der Waals surface area contributed by atoms with Crippen molar-refractivity contribution in [3.63, 3.8) is 0 Å². The van der Waals surface area contributed by atoms with E-state index in [0.29, 0.717) is 11.5 Å². The van der Waals surface area contributed by atoms with Gasteiger partial charge in [0.05, 0.1) is 0 Å².